The van der Waals surface area contributed by atoms with Crippen molar-refractivity contribution in [2.75, 3.05) is 13.4 Å². The minimum Gasteiger partial charge on any atom is -0.485 e. The number of carbonyl (C=O) groups is 2. The van der Waals surface area contributed by atoms with Crippen molar-refractivity contribution >= 4 is 11.6 Å². The number of rotatable bonds is 6. The first-order valence-corrected chi connectivity index (χ1v) is 8.46. The van der Waals surface area contributed by atoms with Gasteiger partial charge in [0.1, 0.15) is 5.75 Å². The van der Waals surface area contributed by atoms with Crippen molar-refractivity contribution in [3.63, 3.8) is 0 Å². The fourth-order valence-corrected chi connectivity index (χ4v) is 2.76. The first-order chi connectivity index (χ1) is 13.2. The lowest BCUT2D eigenvalue weighted by Gasteiger charge is -2.07. The van der Waals surface area contributed by atoms with E-state index in [9.17, 15) is 9.59 Å². The van der Waals surface area contributed by atoms with E-state index in [-0.39, 0.29) is 25.0 Å². The second-order valence-electron chi connectivity index (χ2n) is 6.00. The van der Waals surface area contributed by atoms with Gasteiger partial charge in [0.25, 0.3) is 0 Å². The first-order valence-electron chi connectivity index (χ1n) is 8.46. The maximum Gasteiger partial charge on any atom is 0.231 e. The summed E-state index contributed by atoms with van der Waals surface area (Å²) in [5.41, 5.74) is 1.69. The van der Waals surface area contributed by atoms with Crippen molar-refractivity contribution in [3.05, 3.63) is 89.5 Å². The Hall–Kier alpha value is -3.60. The summed E-state index contributed by atoms with van der Waals surface area (Å²) in [6.07, 6.45) is 0. The molecule has 134 valence electrons. The number of hydrogen-bond acceptors (Lipinski definition) is 5. The predicted molar refractivity (Wildman–Crippen MR) is 98.7 cm³/mol. The van der Waals surface area contributed by atoms with E-state index in [4.69, 9.17) is 14.2 Å². The van der Waals surface area contributed by atoms with Crippen LogP contribution in [0.4, 0.5) is 0 Å². The number of ether oxygens (including phenoxy) is 3. The molecule has 0 N–H and O–H groups in total. The van der Waals surface area contributed by atoms with Crippen molar-refractivity contribution in [2.24, 2.45) is 0 Å². The maximum absolute atomic E-state index is 12.4. The second kappa shape index (κ2) is 7.33. The average molecular weight is 360 g/mol. The first kappa shape index (κ1) is 16.8. The maximum atomic E-state index is 12.4. The van der Waals surface area contributed by atoms with Crippen LogP contribution in [0.2, 0.25) is 0 Å². The summed E-state index contributed by atoms with van der Waals surface area (Å²) in [5, 5.41) is 0. The molecule has 0 atom stereocenters. The molecule has 0 amide bonds. The lowest BCUT2D eigenvalue weighted by Crippen LogP contribution is -2.11. The summed E-state index contributed by atoms with van der Waals surface area (Å²) in [6.45, 7) is 0.0587. The molecule has 1 heterocycles. The van der Waals surface area contributed by atoms with Crippen LogP contribution < -0.4 is 14.2 Å². The second-order valence-corrected chi connectivity index (χ2v) is 6.00. The minimum atomic E-state index is -0.169. The van der Waals surface area contributed by atoms with Gasteiger partial charge in [-0.3, -0.25) is 9.59 Å². The van der Waals surface area contributed by atoms with Crippen LogP contribution in [0.5, 0.6) is 17.2 Å². The van der Waals surface area contributed by atoms with Crippen LogP contribution >= 0.6 is 0 Å². The molecule has 4 rings (SSSR count). The molecule has 0 fully saturated rings. The van der Waals surface area contributed by atoms with Gasteiger partial charge in [0.2, 0.25) is 6.79 Å². The number of Topliss-reactive ketones (excluding diaryl/α,β-unsaturated/α-hetero) is 1. The monoisotopic (exact) mass is 360 g/mol. The molecule has 1 aliphatic heterocycles. The fraction of sp³-hybridized carbons (Fsp3) is 0.0909. The summed E-state index contributed by atoms with van der Waals surface area (Å²) in [6, 6.07) is 20.9. The zero-order valence-corrected chi connectivity index (χ0v) is 14.4. The zero-order chi connectivity index (χ0) is 18.6. The van der Waals surface area contributed by atoms with Crippen molar-refractivity contribution in [3.8, 4) is 17.2 Å². The number of ketones is 2. The van der Waals surface area contributed by atoms with Crippen molar-refractivity contribution in [1.82, 2.24) is 0 Å². The van der Waals surface area contributed by atoms with Crippen LogP contribution in [0, 0.1) is 0 Å². The van der Waals surface area contributed by atoms with E-state index in [1.807, 2.05) is 18.2 Å². The number of fused-ring (bicyclic) bond motifs is 1. The zero-order valence-electron chi connectivity index (χ0n) is 14.4. The van der Waals surface area contributed by atoms with Gasteiger partial charge in [0, 0.05) is 16.7 Å². The molecule has 0 aliphatic carbocycles. The Balaban J connectivity index is 1.39. The van der Waals surface area contributed by atoms with E-state index in [2.05, 4.69) is 0 Å². The van der Waals surface area contributed by atoms with Crippen LogP contribution in [-0.2, 0) is 0 Å². The van der Waals surface area contributed by atoms with Gasteiger partial charge in [-0.25, -0.2) is 0 Å². The number of benzene rings is 3. The molecule has 5 nitrogen and oxygen atoms in total. The van der Waals surface area contributed by atoms with Gasteiger partial charge in [0.05, 0.1) is 0 Å². The summed E-state index contributed by atoms with van der Waals surface area (Å²) in [7, 11) is 0. The third kappa shape index (κ3) is 3.67. The molecule has 27 heavy (non-hydrogen) atoms. The van der Waals surface area contributed by atoms with E-state index in [0.717, 1.165) is 0 Å². The van der Waals surface area contributed by atoms with Crippen LogP contribution in [0.15, 0.2) is 72.8 Å². The highest BCUT2D eigenvalue weighted by Crippen LogP contribution is 2.32. The predicted octanol–water partition coefficient (Wildman–Crippen LogP) is 3.91. The highest BCUT2D eigenvalue weighted by atomic mass is 16.7. The number of hydrogen-bond donors (Lipinski definition) is 0. The van der Waals surface area contributed by atoms with E-state index in [1.54, 1.807) is 54.6 Å². The molecular formula is C22H16O5. The highest BCUT2D eigenvalue weighted by Gasteiger charge is 2.16. The Kier molecular flexibility index (Phi) is 4.58. The standard InChI is InChI=1S/C22H16O5/c23-19(17-8-11-20-21(12-17)27-14-26-20)13-25-18-9-6-16(7-10-18)22(24)15-4-2-1-3-5-15/h1-12H,13-14H2. The smallest absolute Gasteiger partial charge is 0.231 e. The van der Waals surface area contributed by atoms with Gasteiger partial charge >= 0.3 is 0 Å². The molecule has 3 aromatic carbocycles. The molecule has 0 bridgehead atoms. The molecule has 5 heteroatoms. The Morgan fingerprint density at radius 3 is 2.22 bits per heavy atom. The minimum absolute atomic E-state index is 0.0569. The van der Waals surface area contributed by atoms with Gasteiger partial charge < -0.3 is 14.2 Å². The van der Waals surface area contributed by atoms with Gasteiger partial charge in [-0.1, -0.05) is 30.3 Å². The molecule has 0 aromatic heterocycles. The Morgan fingerprint density at radius 2 is 1.44 bits per heavy atom. The third-order valence-electron chi connectivity index (χ3n) is 4.22. The van der Waals surface area contributed by atoms with Gasteiger partial charge in [0.15, 0.2) is 29.7 Å². The topological polar surface area (TPSA) is 61.8 Å². The molecule has 3 aromatic rings. The number of carbonyl (C=O) groups excluding carboxylic acids is 2. The Bertz CT molecular complexity index is 977. The quantitative estimate of drug-likeness (QED) is 0.624. The molecule has 0 spiro atoms. The van der Waals surface area contributed by atoms with Crippen molar-refractivity contribution in [1.29, 1.82) is 0 Å². The summed E-state index contributed by atoms with van der Waals surface area (Å²) >= 11 is 0. The van der Waals surface area contributed by atoms with Gasteiger partial charge in [-0.15, -0.1) is 0 Å². The normalized spacial score (nSPS) is 11.9. The average Bonchev–Trinajstić information content (AvgIpc) is 3.20. The molecule has 0 saturated heterocycles. The lowest BCUT2D eigenvalue weighted by molar-refractivity contribution is 0.0920. The lowest BCUT2D eigenvalue weighted by atomic mass is 10.0. The Labute approximate surface area is 156 Å². The van der Waals surface area contributed by atoms with Crippen LogP contribution in [0.1, 0.15) is 26.3 Å². The molecule has 0 radical (unpaired) electrons. The van der Waals surface area contributed by atoms with E-state index >= 15 is 0 Å². The van der Waals surface area contributed by atoms with Crippen molar-refractivity contribution in [2.45, 2.75) is 0 Å². The molecular weight excluding hydrogens is 344 g/mol. The van der Waals surface area contributed by atoms with Crippen LogP contribution in [0.3, 0.4) is 0 Å². The highest BCUT2D eigenvalue weighted by molar-refractivity contribution is 6.09. The van der Waals surface area contributed by atoms with E-state index < -0.39 is 0 Å². The fourth-order valence-electron chi connectivity index (χ4n) is 2.76. The summed E-state index contributed by atoms with van der Waals surface area (Å²) in [5.74, 6) is 1.49. The molecule has 1 aliphatic rings. The van der Waals surface area contributed by atoms with Crippen LogP contribution in [0.25, 0.3) is 0 Å². The third-order valence-corrected chi connectivity index (χ3v) is 4.22. The summed E-state index contributed by atoms with van der Waals surface area (Å²) < 4.78 is 16.1. The largest absolute Gasteiger partial charge is 0.485 e. The Morgan fingerprint density at radius 1 is 0.778 bits per heavy atom. The molecule has 0 saturated carbocycles. The van der Waals surface area contributed by atoms with Crippen molar-refractivity contribution < 1.29 is 23.8 Å². The van der Waals surface area contributed by atoms with Crippen LogP contribution in [-0.4, -0.2) is 25.0 Å². The van der Waals surface area contributed by atoms with E-state index in [0.29, 0.717) is 33.9 Å². The summed E-state index contributed by atoms with van der Waals surface area (Å²) in [4.78, 5) is 24.7. The van der Waals surface area contributed by atoms with Gasteiger partial charge in [-0.2, -0.15) is 0 Å². The van der Waals surface area contributed by atoms with Gasteiger partial charge in [-0.05, 0) is 42.5 Å². The SMILES string of the molecule is O=C(COc1ccc(C(=O)c2ccccc2)cc1)c1ccc2c(c1)OCO2. The molecule has 0 unspecified atom stereocenters. The van der Waals surface area contributed by atoms with E-state index in [1.165, 1.54) is 0 Å².